The van der Waals surface area contributed by atoms with E-state index in [-0.39, 0.29) is 16.7 Å². The zero-order valence-corrected chi connectivity index (χ0v) is 12.5. The Bertz CT molecular complexity index is 393. The lowest BCUT2D eigenvalue weighted by molar-refractivity contribution is 0.0943. The highest BCUT2D eigenvalue weighted by Gasteiger charge is 2.19. The molecule has 1 rings (SSSR count). The van der Waals surface area contributed by atoms with Crippen molar-refractivity contribution >= 4 is 17.2 Å². The quantitative estimate of drug-likeness (QED) is 0.853. The minimum atomic E-state index is 0.0421. The summed E-state index contributed by atoms with van der Waals surface area (Å²) in [4.78, 5) is 14.0. The lowest BCUT2D eigenvalue weighted by atomic mass is 9.95. The van der Waals surface area contributed by atoms with Gasteiger partial charge in [-0.25, -0.2) is 0 Å². The Morgan fingerprint density at radius 2 is 1.76 bits per heavy atom. The van der Waals surface area contributed by atoms with E-state index in [0.717, 1.165) is 4.88 Å². The van der Waals surface area contributed by atoms with Crippen LogP contribution >= 0.6 is 11.3 Å². The van der Waals surface area contributed by atoms with Gasteiger partial charge in [0.25, 0.3) is 5.91 Å². The molecule has 0 saturated heterocycles. The first-order valence-corrected chi connectivity index (χ1v) is 6.80. The van der Waals surface area contributed by atoms with E-state index in [9.17, 15) is 4.79 Å². The normalized spacial score (nSPS) is 12.6. The van der Waals surface area contributed by atoms with Gasteiger partial charge in [-0.3, -0.25) is 4.79 Å². The Kier molecular flexibility index (Phi) is 4.03. The van der Waals surface area contributed by atoms with Crippen molar-refractivity contribution in [2.24, 2.45) is 5.41 Å². The van der Waals surface area contributed by atoms with Crippen LogP contribution < -0.4 is 5.32 Å². The summed E-state index contributed by atoms with van der Waals surface area (Å²) in [7, 11) is 0. The molecule has 0 radical (unpaired) electrons. The van der Waals surface area contributed by atoms with Gasteiger partial charge in [0.2, 0.25) is 0 Å². The molecular weight excluding hydrogens is 230 g/mol. The second-order valence-corrected chi connectivity index (χ2v) is 7.74. The topological polar surface area (TPSA) is 29.1 Å². The van der Waals surface area contributed by atoms with Crippen LogP contribution in [0.5, 0.6) is 0 Å². The maximum atomic E-state index is 11.9. The van der Waals surface area contributed by atoms with Crippen LogP contribution in [0.2, 0.25) is 0 Å². The maximum absolute atomic E-state index is 11.9. The number of hydrogen-bond donors (Lipinski definition) is 1. The molecule has 0 aliphatic rings. The predicted octanol–water partition coefficient (Wildman–Crippen LogP) is 3.82. The van der Waals surface area contributed by atoms with Gasteiger partial charge in [0, 0.05) is 11.4 Å². The smallest absolute Gasteiger partial charge is 0.261 e. The number of nitrogens with one attached hydrogen (secondary N) is 1. The van der Waals surface area contributed by atoms with Crippen molar-refractivity contribution in [3.05, 3.63) is 21.9 Å². The van der Waals surface area contributed by atoms with Gasteiger partial charge in [-0.05, 0) is 23.0 Å². The molecule has 1 aromatic heterocycles. The van der Waals surface area contributed by atoms with E-state index in [1.165, 1.54) is 4.88 Å². The first kappa shape index (κ1) is 14.2. The molecule has 0 aliphatic carbocycles. The molecule has 2 nitrogen and oxygen atoms in total. The number of rotatable bonds is 2. The fourth-order valence-corrected chi connectivity index (χ4v) is 2.28. The van der Waals surface area contributed by atoms with Crippen LogP contribution in [0.3, 0.4) is 0 Å². The first-order valence-electron chi connectivity index (χ1n) is 5.98. The average molecular weight is 253 g/mol. The van der Waals surface area contributed by atoms with Gasteiger partial charge in [-0.1, -0.05) is 41.5 Å². The van der Waals surface area contributed by atoms with Crippen molar-refractivity contribution in [1.82, 2.24) is 5.32 Å². The summed E-state index contributed by atoms with van der Waals surface area (Å²) in [5.74, 6) is 0.0421. The van der Waals surface area contributed by atoms with Crippen LogP contribution in [-0.4, -0.2) is 12.5 Å². The second kappa shape index (κ2) is 4.81. The van der Waals surface area contributed by atoms with Crippen LogP contribution in [0.4, 0.5) is 0 Å². The Balaban J connectivity index is 2.68. The Labute approximate surface area is 108 Å². The van der Waals surface area contributed by atoms with Gasteiger partial charge < -0.3 is 5.32 Å². The van der Waals surface area contributed by atoms with E-state index in [4.69, 9.17) is 0 Å². The zero-order chi connectivity index (χ0) is 13.3. The molecule has 0 fully saturated rings. The highest BCUT2D eigenvalue weighted by atomic mass is 32.1. The third-order valence-electron chi connectivity index (χ3n) is 2.35. The maximum Gasteiger partial charge on any atom is 0.261 e. The summed E-state index contributed by atoms with van der Waals surface area (Å²) in [5.41, 5.74) is 0.243. The van der Waals surface area contributed by atoms with E-state index in [2.05, 4.69) is 52.9 Å². The van der Waals surface area contributed by atoms with Crippen molar-refractivity contribution in [2.45, 2.75) is 47.0 Å². The Morgan fingerprint density at radius 3 is 2.18 bits per heavy atom. The van der Waals surface area contributed by atoms with E-state index < -0.39 is 0 Å². The van der Waals surface area contributed by atoms with Crippen LogP contribution in [0.25, 0.3) is 0 Å². The minimum absolute atomic E-state index is 0.0421. The van der Waals surface area contributed by atoms with Crippen molar-refractivity contribution in [1.29, 1.82) is 0 Å². The van der Waals surface area contributed by atoms with Gasteiger partial charge in [-0.15, -0.1) is 11.3 Å². The summed E-state index contributed by atoms with van der Waals surface area (Å²) < 4.78 is 0. The van der Waals surface area contributed by atoms with E-state index in [0.29, 0.717) is 6.54 Å². The van der Waals surface area contributed by atoms with Crippen LogP contribution in [0, 0.1) is 5.41 Å². The standard InChI is InChI=1S/C14H23NOS/c1-13(2,3)9-15-12(16)10-7-8-11(17-10)14(4,5)6/h7-8H,9H2,1-6H3,(H,15,16). The molecule has 17 heavy (non-hydrogen) atoms. The lowest BCUT2D eigenvalue weighted by Gasteiger charge is -2.18. The molecule has 1 amide bonds. The van der Waals surface area contributed by atoms with Crippen molar-refractivity contribution in [2.75, 3.05) is 6.54 Å². The number of hydrogen-bond acceptors (Lipinski definition) is 2. The van der Waals surface area contributed by atoms with Gasteiger partial charge >= 0.3 is 0 Å². The molecule has 1 N–H and O–H groups in total. The van der Waals surface area contributed by atoms with Crippen LogP contribution in [0.15, 0.2) is 12.1 Å². The molecule has 0 atom stereocenters. The molecule has 0 saturated carbocycles. The summed E-state index contributed by atoms with van der Waals surface area (Å²) in [6.07, 6.45) is 0. The minimum Gasteiger partial charge on any atom is -0.351 e. The van der Waals surface area contributed by atoms with Crippen LogP contribution in [0.1, 0.15) is 56.1 Å². The molecule has 1 aromatic rings. The largest absolute Gasteiger partial charge is 0.351 e. The molecule has 3 heteroatoms. The zero-order valence-electron chi connectivity index (χ0n) is 11.7. The fraction of sp³-hybridized carbons (Fsp3) is 0.643. The molecule has 0 aliphatic heterocycles. The Hall–Kier alpha value is -0.830. The summed E-state index contributed by atoms with van der Waals surface area (Å²) >= 11 is 1.59. The first-order chi connectivity index (χ1) is 7.59. The molecular formula is C14H23NOS. The average Bonchev–Trinajstić information content (AvgIpc) is 2.60. The molecule has 0 bridgehead atoms. The molecule has 0 spiro atoms. The second-order valence-electron chi connectivity index (χ2n) is 6.66. The predicted molar refractivity (Wildman–Crippen MR) is 74.8 cm³/mol. The van der Waals surface area contributed by atoms with Crippen LogP contribution in [-0.2, 0) is 5.41 Å². The van der Waals surface area contributed by atoms with Gasteiger partial charge in [0.15, 0.2) is 0 Å². The summed E-state index contributed by atoms with van der Waals surface area (Å²) in [6.45, 7) is 13.5. The van der Waals surface area contributed by atoms with Gasteiger partial charge in [0.1, 0.15) is 0 Å². The fourth-order valence-electron chi connectivity index (χ4n) is 1.30. The third-order valence-corrected chi connectivity index (χ3v) is 3.86. The highest BCUT2D eigenvalue weighted by Crippen LogP contribution is 2.29. The van der Waals surface area contributed by atoms with Gasteiger partial charge in [-0.2, -0.15) is 0 Å². The molecule has 96 valence electrons. The number of carbonyl (C=O) groups excluding carboxylic acids is 1. The summed E-state index contributed by atoms with van der Waals surface area (Å²) in [6, 6.07) is 3.97. The van der Waals surface area contributed by atoms with Gasteiger partial charge in [0.05, 0.1) is 4.88 Å². The SMILES string of the molecule is CC(C)(C)CNC(=O)c1ccc(C(C)(C)C)s1. The number of amides is 1. The van der Waals surface area contributed by atoms with E-state index in [1.807, 2.05) is 6.07 Å². The van der Waals surface area contributed by atoms with Crippen molar-refractivity contribution in [3.63, 3.8) is 0 Å². The number of thiophene rings is 1. The van der Waals surface area contributed by atoms with Crippen molar-refractivity contribution < 1.29 is 4.79 Å². The highest BCUT2D eigenvalue weighted by molar-refractivity contribution is 7.14. The molecule has 1 heterocycles. The Morgan fingerprint density at radius 1 is 1.18 bits per heavy atom. The van der Waals surface area contributed by atoms with E-state index in [1.54, 1.807) is 11.3 Å². The third kappa shape index (κ3) is 4.50. The van der Waals surface area contributed by atoms with E-state index >= 15 is 0 Å². The summed E-state index contributed by atoms with van der Waals surface area (Å²) in [5, 5.41) is 2.98. The lowest BCUT2D eigenvalue weighted by Crippen LogP contribution is -2.31. The molecule has 0 aromatic carbocycles. The molecule has 0 unspecified atom stereocenters. The number of carbonyl (C=O) groups is 1. The monoisotopic (exact) mass is 253 g/mol. The van der Waals surface area contributed by atoms with Crippen molar-refractivity contribution in [3.8, 4) is 0 Å².